The van der Waals surface area contributed by atoms with Crippen LogP contribution in [0.25, 0.3) is 0 Å². The van der Waals surface area contributed by atoms with Gasteiger partial charge < -0.3 is 10.5 Å². The van der Waals surface area contributed by atoms with Gasteiger partial charge in [0.25, 0.3) is 5.69 Å². The molecule has 1 aromatic carbocycles. The monoisotopic (exact) mass is 266 g/mol. The molecule has 19 heavy (non-hydrogen) atoms. The van der Waals surface area contributed by atoms with Gasteiger partial charge in [-0.1, -0.05) is 12.1 Å². The van der Waals surface area contributed by atoms with Crippen LogP contribution < -0.4 is 5.73 Å². The van der Waals surface area contributed by atoms with Crippen LogP contribution in [0.2, 0.25) is 0 Å². The highest BCUT2D eigenvalue weighted by Gasteiger charge is 2.10. The number of hydrogen-bond acceptors (Lipinski definition) is 5. The zero-order valence-electron chi connectivity index (χ0n) is 10.9. The average molecular weight is 266 g/mol. The lowest BCUT2D eigenvalue weighted by molar-refractivity contribution is -0.384. The Morgan fingerprint density at radius 3 is 2.58 bits per heavy atom. The first-order valence-electron chi connectivity index (χ1n) is 6.20. The molecule has 0 aliphatic carbocycles. The standard InChI is InChI=1S/C13H18N2O4/c1-2-19-13(16)5-3-4-12(14)10-6-8-11(9-7-10)15(17)18/h6-9,12H,2-5,14H2,1H3. The number of nitro benzene ring substituents is 1. The molecule has 0 heterocycles. The van der Waals surface area contributed by atoms with Crippen LogP contribution in [0.3, 0.4) is 0 Å². The normalized spacial score (nSPS) is 11.9. The fraction of sp³-hybridized carbons (Fsp3) is 0.462. The van der Waals surface area contributed by atoms with E-state index in [2.05, 4.69) is 0 Å². The second-order valence-corrected chi connectivity index (χ2v) is 4.15. The molecular weight excluding hydrogens is 248 g/mol. The maximum Gasteiger partial charge on any atom is 0.305 e. The minimum absolute atomic E-state index is 0.0440. The molecular formula is C13H18N2O4. The first kappa shape index (κ1) is 15.1. The number of nitrogens with zero attached hydrogens (tertiary/aromatic N) is 1. The van der Waals surface area contributed by atoms with Crippen LogP contribution >= 0.6 is 0 Å². The van der Waals surface area contributed by atoms with E-state index in [0.29, 0.717) is 25.9 Å². The van der Waals surface area contributed by atoms with Crippen molar-refractivity contribution in [3.05, 3.63) is 39.9 Å². The molecule has 0 amide bonds. The van der Waals surface area contributed by atoms with Gasteiger partial charge in [0, 0.05) is 24.6 Å². The van der Waals surface area contributed by atoms with Crippen LogP contribution in [0.1, 0.15) is 37.8 Å². The zero-order valence-corrected chi connectivity index (χ0v) is 10.9. The van der Waals surface area contributed by atoms with Gasteiger partial charge in [-0.15, -0.1) is 0 Å². The van der Waals surface area contributed by atoms with Gasteiger partial charge in [0.2, 0.25) is 0 Å². The number of hydrogen-bond donors (Lipinski definition) is 1. The summed E-state index contributed by atoms with van der Waals surface area (Å²) in [6.45, 7) is 2.15. The number of nitro groups is 1. The van der Waals surface area contributed by atoms with Crippen LogP contribution in [0.15, 0.2) is 24.3 Å². The van der Waals surface area contributed by atoms with Crippen molar-refractivity contribution in [1.82, 2.24) is 0 Å². The SMILES string of the molecule is CCOC(=O)CCCC(N)c1ccc([N+](=O)[O-])cc1. The van der Waals surface area contributed by atoms with E-state index >= 15 is 0 Å². The molecule has 0 radical (unpaired) electrons. The maximum absolute atomic E-state index is 11.1. The predicted octanol–water partition coefficient (Wildman–Crippen LogP) is 2.33. The lowest BCUT2D eigenvalue weighted by Crippen LogP contribution is -2.11. The van der Waals surface area contributed by atoms with Crippen LogP contribution in [-0.2, 0) is 9.53 Å². The van der Waals surface area contributed by atoms with Crippen molar-refractivity contribution >= 4 is 11.7 Å². The lowest BCUT2D eigenvalue weighted by Gasteiger charge is -2.11. The summed E-state index contributed by atoms with van der Waals surface area (Å²) in [6, 6.07) is 5.93. The highest BCUT2D eigenvalue weighted by molar-refractivity contribution is 5.69. The molecule has 6 nitrogen and oxygen atoms in total. The fourth-order valence-electron chi connectivity index (χ4n) is 1.71. The second kappa shape index (κ2) is 7.48. The molecule has 0 aromatic heterocycles. The predicted molar refractivity (Wildman–Crippen MR) is 70.5 cm³/mol. The summed E-state index contributed by atoms with van der Waals surface area (Å²) in [7, 11) is 0. The summed E-state index contributed by atoms with van der Waals surface area (Å²) in [5.74, 6) is -0.224. The molecule has 0 saturated heterocycles. The van der Waals surface area contributed by atoms with Gasteiger partial charge in [0.15, 0.2) is 0 Å². The molecule has 1 unspecified atom stereocenters. The van der Waals surface area contributed by atoms with Gasteiger partial charge in [0.05, 0.1) is 11.5 Å². The summed E-state index contributed by atoms with van der Waals surface area (Å²) in [5, 5.41) is 10.5. The number of carbonyl (C=O) groups excluding carboxylic acids is 1. The van der Waals surface area contributed by atoms with E-state index in [0.717, 1.165) is 5.56 Å². The van der Waals surface area contributed by atoms with Crippen LogP contribution in [0, 0.1) is 10.1 Å². The molecule has 6 heteroatoms. The molecule has 1 aromatic rings. The third kappa shape index (κ3) is 5.05. The van der Waals surface area contributed by atoms with E-state index in [1.54, 1.807) is 19.1 Å². The Hall–Kier alpha value is -1.95. The molecule has 0 saturated carbocycles. The third-order valence-electron chi connectivity index (χ3n) is 2.73. The molecule has 0 bridgehead atoms. The highest BCUT2D eigenvalue weighted by Crippen LogP contribution is 2.20. The van der Waals surface area contributed by atoms with E-state index in [1.807, 2.05) is 0 Å². The average Bonchev–Trinajstić information content (AvgIpc) is 2.39. The Balaban J connectivity index is 2.43. The maximum atomic E-state index is 11.1. The Labute approximate surface area is 111 Å². The Morgan fingerprint density at radius 2 is 2.05 bits per heavy atom. The van der Waals surface area contributed by atoms with Gasteiger partial charge in [-0.2, -0.15) is 0 Å². The second-order valence-electron chi connectivity index (χ2n) is 4.15. The number of non-ortho nitro benzene ring substituents is 1. The smallest absolute Gasteiger partial charge is 0.305 e. The first-order chi connectivity index (χ1) is 9.04. The van der Waals surface area contributed by atoms with E-state index in [-0.39, 0.29) is 17.7 Å². The van der Waals surface area contributed by atoms with Gasteiger partial charge in [-0.05, 0) is 25.3 Å². The van der Waals surface area contributed by atoms with Gasteiger partial charge >= 0.3 is 5.97 Å². The largest absolute Gasteiger partial charge is 0.466 e. The van der Waals surface area contributed by atoms with E-state index < -0.39 is 4.92 Å². The van der Waals surface area contributed by atoms with E-state index in [9.17, 15) is 14.9 Å². The number of benzene rings is 1. The summed E-state index contributed by atoms with van der Waals surface area (Å²) >= 11 is 0. The number of rotatable bonds is 7. The first-order valence-corrected chi connectivity index (χ1v) is 6.20. The third-order valence-corrected chi connectivity index (χ3v) is 2.73. The van der Waals surface area contributed by atoms with E-state index in [4.69, 9.17) is 10.5 Å². The summed E-state index contributed by atoms with van der Waals surface area (Å²) in [6.07, 6.45) is 1.61. The molecule has 1 rings (SSSR count). The quantitative estimate of drug-likeness (QED) is 0.464. The zero-order chi connectivity index (χ0) is 14.3. The van der Waals surface area contributed by atoms with E-state index in [1.165, 1.54) is 12.1 Å². The van der Waals surface area contributed by atoms with Crippen molar-refractivity contribution in [3.8, 4) is 0 Å². The molecule has 2 N–H and O–H groups in total. The number of carbonyl (C=O) groups is 1. The van der Waals surface area contributed by atoms with Gasteiger partial charge in [0.1, 0.15) is 0 Å². The van der Waals surface area contributed by atoms with Crippen molar-refractivity contribution in [3.63, 3.8) is 0 Å². The van der Waals surface area contributed by atoms with Crippen LogP contribution in [0.5, 0.6) is 0 Å². The Kier molecular flexibility index (Phi) is 5.95. The number of ether oxygens (including phenoxy) is 1. The Bertz CT molecular complexity index is 431. The summed E-state index contributed by atoms with van der Waals surface area (Å²) in [5.41, 5.74) is 6.83. The van der Waals surface area contributed by atoms with Crippen molar-refractivity contribution in [1.29, 1.82) is 0 Å². The Morgan fingerprint density at radius 1 is 1.42 bits per heavy atom. The molecule has 0 aliphatic rings. The lowest BCUT2D eigenvalue weighted by atomic mass is 10.0. The van der Waals surface area contributed by atoms with Gasteiger partial charge in [-0.3, -0.25) is 14.9 Å². The minimum Gasteiger partial charge on any atom is -0.466 e. The van der Waals surface area contributed by atoms with Crippen molar-refractivity contribution in [2.75, 3.05) is 6.61 Å². The minimum atomic E-state index is -0.448. The van der Waals surface area contributed by atoms with Crippen molar-refractivity contribution < 1.29 is 14.5 Å². The summed E-state index contributed by atoms with van der Waals surface area (Å²) < 4.78 is 4.82. The topological polar surface area (TPSA) is 95.5 Å². The molecule has 104 valence electrons. The molecule has 0 fully saturated rings. The molecule has 1 atom stereocenters. The fourth-order valence-corrected chi connectivity index (χ4v) is 1.71. The van der Waals surface area contributed by atoms with Crippen LogP contribution in [-0.4, -0.2) is 17.5 Å². The highest BCUT2D eigenvalue weighted by atomic mass is 16.6. The number of esters is 1. The molecule has 0 aliphatic heterocycles. The number of nitrogens with two attached hydrogens (primary N) is 1. The molecule has 0 spiro atoms. The summed E-state index contributed by atoms with van der Waals surface area (Å²) in [4.78, 5) is 21.2. The van der Waals surface area contributed by atoms with Crippen LogP contribution in [0.4, 0.5) is 5.69 Å². The van der Waals surface area contributed by atoms with Crippen molar-refractivity contribution in [2.45, 2.75) is 32.2 Å². The van der Waals surface area contributed by atoms with Crippen molar-refractivity contribution in [2.24, 2.45) is 5.73 Å². The van der Waals surface area contributed by atoms with Gasteiger partial charge in [-0.25, -0.2) is 0 Å².